The van der Waals surface area contributed by atoms with Crippen LogP contribution in [0.25, 0.3) is 88.1 Å². The first kappa shape index (κ1) is 22.1. The van der Waals surface area contributed by atoms with Crippen molar-refractivity contribution in [3.8, 4) is 33.8 Å². The van der Waals surface area contributed by atoms with E-state index in [2.05, 4.69) is 137 Å². The van der Waals surface area contributed by atoms with Crippen molar-refractivity contribution in [3.05, 3.63) is 140 Å². The molecule has 3 heterocycles. The van der Waals surface area contributed by atoms with Crippen LogP contribution in [0.5, 0.6) is 0 Å². The summed E-state index contributed by atoms with van der Waals surface area (Å²) >= 11 is 0. The topological polar surface area (TPSA) is 22.8 Å². The van der Waals surface area contributed by atoms with Gasteiger partial charge in [0.05, 0.1) is 27.8 Å². The standard InChI is InChI=1S/C39H23N3/c1-4-15-34-27(10-1)28-11-2-5-16-35(28)41(34)25-18-19-37-32(22-25)29-12-3-6-17-36(29)42(37)26-21-24-9-7-13-31-38(24)33(23-26)30-14-8-20-40-39(30)31/h1-23H. The maximum absolute atomic E-state index is 4.76. The lowest BCUT2D eigenvalue weighted by molar-refractivity contribution is 1.17. The first-order valence-corrected chi connectivity index (χ1v) is 14.4. The highest BCUT2D eigenvalue weighted by molar-refractivity contribution is 6.16. The third-order valence-corrected chi connectivity index (χ3v) is 9.07. The molecule has 0 unspecified atom stereocenters. The highest BCUT2D eigenvalue weighted by atomic mass is 15.0. The summed E-state index contributed by atoms with van der Waals surface area (Å²) in [6, 6.07) is 48.6. The highest BCUT2D eigenvalue weighted by Crippen LogP contribution is 2.47. The number of pyridine rings is 1. The van der Waals surface area contributed by atoms with Crippen LogP contribution in [0, 0.1) is 0 Å². The molecule has 0 radical (unpaired) electrons. The van der Waals surface area contributed by atoms with Crippen LogP contribution in [0.2, 0.25) is 0 Å². The van der Waals surface area contributed by atoms with E-state index in [1.807, 2.05) is 12.3 Å². The quantitative estimate of drug-likeness (QED) is 0.217. The zero-order chi connectivity index (χ0) is 27.4. The van der Waals surface area contributed by atoms with Gasteiger partial charge in [-0.05, 0) is 70.9 Å². The third-order valence-electron chi connectivity index (χ3n) is 9.07. The summed E-state index contributed by atoms with van der Waals surface area (Å²) in [5.41, 5.74) is 12.0. The molecule has 0 spiro atoms. The number of aromatic nitrogens is 3. The van der Waals surface area contributed by atoms with Crippen LogP contribution in [0.4, 0.5) is 0 Å². The lowest BCUT2D eigenvalue weighted by Gasteiger charge is -2.12. The van der Waals surface area contributed by atoms with Crippen LogP contribution in [-0.2, 0) is 0 Å². The van der Waals surface area contributed by atoms with Gasteiger partial charge in [-0.3, -0.25) is 4.98 Å². The Morgan fingerprint density at radius 1 is 0.405 bits per heavy atom. The molecular weight excluding hydrogens is 510 g/mol. The summed E-state index contributed by atoms with van der Waals surface area (Å²) in [6.45, 7) is 0. The van der Waals surface area contributed by atoms with Crippen molar-refractivity contribution in [2.24, 2.45) is 0 Å². The van der Waals surface area contributed by atoms with Gasteiger partial charge < -0.3 is 9.13 Å². The SMILES string of the molecule is c1cnc2c(c1)-c1cc(-n3c4ccccc4c4cc(-n5c6ccccc6c6ccccc65)ccc43)cc3cccc-2c13. The molecule has 42 heavy (non-hydrogen) atoms. The van der Waals surface area contributed by atoms with Gasteiger partial charge in [-0.2, -0.15) is 0 Å². The summed E-state index contributed by atoms with van der Waals surface area (Å²) in [6.07, 6.45) is 1.90. The maximum Gasteiger partial charge on any atom is 0.0786 e. The van der Waals surface area contributed by atoms with E-state index in [-0.39, 0.29) is 0 Å². The van der Waals surface area contributed by atoms with E-state index in [4.69, 9.17) is 4.98 Å². The number of para-hydroxylation sites is 3. The van der Waals surface area contributed by atoms with Crippen molar-refractivity contribution < 1.29 is 0 Å². The Labute approximate surface area is 241 Å². The Hall–Kier alpha value is -5.67. The molecule has 0 N–H and O–H groups in total. The van der Waals surface area contributed by atoms with E-state index >= 15 is 0 Å². The zero-order valence-electron chi connectivity index (χ0n) is 22.6. The second-order valence-corrected chi connectivity index (χ2v) is 11.2. The summed E-state index contributed by atoms with van der Waals surface area (Å²) in [4.78, 5) is 4.76. The number of hydrogen-bond acceptors (Lipinski definition) is 1. The minimum Gasteiger partial charge on any atom is -0.309 e. The van der Waals surface area contributed by atoms with Crippen molar-refractivity contribution in [3.63, 3.8) is 0 Å². The number of nitrogens with zero attached hydrogens (tertiary/aromatic N) is 3. The van der Waals surface area contributed by atoms with Crippen molar-refractivity contribution in [2.75, 3.05) is 0 Å². The van der Waals surface area contributed by atoms with E-state index in [0.29, 0.717) is 0 Å². The third kappa shape index (κ3) is 2.77. The predicted octanol–water partition coefficient (Wildman–Crippen LogP) is 10.1. The Kier molecular flexibility index (Phi) is 4.18. The fourth-order valence-electron chi connectivity index (χ4n) is 7.37. The summed E-state index contributed by atoms with van der Waals surface area (Å²) in [5.74, 6) is 0. The lowest BCUT2D eigenvalue weighted by atomic mass is 10.0. The van der Waals surface area contributed by atoms with Crippen LogP contribution in [0.15, 0.2) is 140 Å². The second kappa shape index (κ2) is 7.96. The van der Waals surface area contributed by atoms with Gasteiger partial charge in [0.2, 0.25) is 0 Å². The molecule has 10 rings (SSSR count). The smallest absolute Gasteiger partial charge is 0.0786 e. The van der Waals surface area contributed by atoms with Crippen LogP contribution in [0.1, 0.15) is 0 Å². The molecule has 0 bridgehead atoms. The first-order chi connectivity index (χ1) is 20.8. The molecular formula is C39H23N3. The summed E-state index contributed by atoms with van der Waals surface area (Å²) < 4.78 is 4.83. The number of fused-ring (bicyclic) bond motifs is 9. The molecule has 1 aliphatic rings. The lowest BCUT2D eigenvalue weighted by Crippen LogP contribution is -1.96. The largest absolute Gasteiger partial charge is 0.309 e. The Morgan fingerprint density at radius 3 is 1.76 bits per heavy atom. The molecule has 0 atom stereocenters. The average molecular weight is 534 g/mol. The van der Waals surface area contributed by atoms with E-state index < -0.39 is 0 Å². The molecule has 0 aliphatic heterocycles. The van der Waals surface area contributed by atoms with Gasteiger partial charge in [0.25, 0.3) is 0 Å². The van der Waals surface area contributed by atoms with E-state index in [1.54, 1.807) is 0 Å². The number of hydrogen-bond donors (Lipinski definition) is 0. The molecule has 0 saturated carbocycles. The van der Waals surface area contributed by atoms with Gasteiger partial charge >= 0.3 is 0 Å². The van der Waals surface area contributed by atoms with Gasteiger partial charge in [0.1, 0.15) is 0 Å². The molecule has 6 aromatic carbocycles. The van der Waals surface area contributed by atoms with Crippen LogP contribution >= 0.6 is 0 Å². The fourth-order valence-corrected chi connectivity index (χ4v) is 7.37. The van der Waals surface area contributed by atoms with Gasteiger partial charge in [0, 0.05) is 50.2 Å². The van der Waals surface area contributed by atoms with Crippen molar-refractivity contribution in [1.82, 2.24) is 14.1 Å². The molecule has 0 fully saturated rings. The molecule has 0 amide bonds. The number of rotatable bonds is 2. The Bertz CT molecular complexity index is 2530. The average Bonchev–Trinajstić information content (AvgIpc) is 3.68. The fraction of sp³-hybridized carbons (Fsp3) is 0. The Balaban J connectivity index is 1.27. The second-order valence-electron chi connectivity index (χ2n) is 11.2. The van der Waals surface area contributed by atoms with E-state index in [1.165, 1.54) is 82.4 Å². The molecule has 3 aromatic heterocycles. The first-order valence-electron chi connectivity index (χ1n) is 14.4. The predicted molar refractivity (Wildman–Crippen MR) is 175 cm³/mol. The van der Waals surface area contributed by atoms with Crippen molar-refractivity contribution in [1.29, 1.82) is 0 Å². The van der Waals surface area contributed by atoms with Crippen molar-refractivity contribution in [2.45, 2.75) is 0 Å². The normalized spacial score (nSPS) is 12.3. The molecule has 9 aromatic rings. The van der Waals surface area contributed by atoms with Crippen LogP contribution < -0.4 is 0 Å². The molecule has 194 valence electrons. The van der Waals surface area contributed by atoms with Gasteiger partial charge in [0.15, 0.2) is 0 Å². The van der Waals surface area contributed by atoms with E-state index in [0.717, 1.165) is 5.69 Å². The minimum atomic E-state index is 1.08. The van der Waals surface area contributed by atoms with Crippen molar-refractivity contribution >= 4 is 54.4 Å². The molecule has 3 nitrogen and oxygen atoms in total. The monoisotopic (exact) mass is 533 g/mol. The summed E-state index contributed by atoms with van der Waals surface area (Å²) in [5, 5.41) is 7.59. The highest BCUT2D eigenvalue weighted by Gasteiger charge is 2.24. The number of benzene rings is 6. The molecule has 0 saturated heterocycles. The Morgan fingerprint density at radius 2 is 1.02 bits per heavy atom. The summed E-state index contributed by atoms with van der Waals surface area (Å²) in [7, 11) is 0. The van der Waals surface area contributed by atoms with Gasteiger partial charge in [-0.1, -0.05) is 78.9 Å². The van der Waals surface area contributed by atoms with Crippen LogP contribution in [0.3, 0.4) is 0 Å². The van der Waals surface area contributed by atoms with E-state index in [9.17, 15) is 0 Å². The minimum absolute atomic E-state index is 1.08. The van der Waals surface area contributed by atoms with Gasteiger partial charge in [-0.25, -0.2) is 0 Å². The van der Waals surface area contributed by atoms with Gasteiger partial charge in [-0.15, -0.1) is 0 Å². The zero-order valence-corrected chi connectivity index (χ0v) is 22.6. The van der Waals surface area contributed by atoms with Crippen LogP contribution in [-0.4, -0.2) is 14.1 Å². The molecule has 3 heteroatoms. The molecule has 1 aliphatic carbocycles. The maximum atomic E-state index is 4.76.